The lowest BCUT2D eigenvalue weighted by Crippen LogP contribution is -2.57. The molecule has 0 radical (unpaired) electrons. The Morgan fingerprint density at radius 2 is 1.92 bits per heavy atom. The number of ether oxygens (including phenoxy) is 2. The van der Waals surface area contributed by atoms with Crippen LogP contribution >= 0.6 is 15.9 Å². The third-order valence-electron chi connectivity index (χ3n) is 9.73. The van der Waals surface area contributed by atoms with Crippen molar-refractivity contribution in [2.24, 2.45) is 11.8 Å². The van der Waals surface area contributed by atoms with E-state index in [1.165, 1.54) is 4.90 Å². The van der Waals surface area contributed by atoms with E-state index in [9.17, 15) is 24.3 Å². The van der Waals surface area contributed by atoms with Gasteiger partial charge in [-0.25, -0.2) is 4.68 Å². The van der Waals surface area contributed by atoms with E-state index in [1.54, 1.807) is 33.9 Å². The van der Waals surface area contributed by atoms with Crippen molar-refractivity contribution in [1.29, 1.82) is 0 Å². The summed E-state index contributed by atoms with van der Waals surface area (Å²) in [4.78, 5) is 58.5. The van der Waals surface area contributed by atoms with Crippen molar-refractivity contribution in [2.45, 2.75) is 61.0 Å². The first kappa shape index (κ1) is 35.4. The number of amides is 3. The zero-order valence-electron chi connectivity index (χ0n) is 27.6. The molecule has 13 nitrogen and oxygen atoms in total. The second-order valence-corrected chi connectivity index (χ2v) is 14.0. The average Bonchev–Trinajstić information content (AvgIpc) is 3.85. The molecule has 3 amide bonds. The number of likely N-dealkylation sites (tertiary alicyclic amines) is 1. The van der Waals surface area contributed by atoms with Gasteiger partial charge in [0.2, 0.25) is 17.7 Å². The number of hydrogen-bond donors (Lipinski definition) is 2. The standard InChI is InChI=1S/C36H41BrN6O7/c1-3-5-16-28(45)38-21-27(23-12-7-6-8-13-23)49-35(48)29-30-33(46)42(18-11-19-44)32(36(30)20-24(37)31(29)50-36)34(47)41(17-4-2)22-43-26-15-10-9-14-25(26)39-40-43/h3-4,6-10,12-15,24,27,29-32,44H,1-2,5,11,16-22H2,(H,38,45)/t24?,27-,29-,30+,31-,32-,36+/m1/s1. The number of nitrogens with one attached hydrogen (secondary N) is 1. The topological polar surface area (TPSA) is 156 Å². The maximum Gasteiger partial charge on any atom is 0.313 e. The van der Waals surface area contributed by atoms with Crippen LogP contribution in [0.2, 0.25) is 0 Å². The number of benzene rings is 2. The van der Waals surface area contributed by atoms with Gasteiger partial charge in [0.25, 0.3) is 0 Å². The third-order valence-corrected chi connectivity index (χ3v) is 10.6. The summed E-state index contributed by atoms with van der Waals surface area (Å²) in [5.74, 6) is -3.68. The van der Waals surface area contributed by atoms with Crippen molar-refractivity contribution < 1.29 is 33.8 Å². The van der Waals surface area contributed by atoms with Gasteiger partial charge in [-0.3, -0.25) is 19.2 Å². The Morgan fingerprint density at radius 1 is 1.16 bits per heavy atom. The molecular weight excluding hydrogens is 708 g/mol. The van der Waals surface area contributed by atoms with Crippen LogP contribution in [-0.2, 0) is 35.3 Å². The Kier molecular flexibility index (Phi) is 10.8. The minimum Gasteiger partial charge on any atom is -0.455 e. The number of esters is 1. The predicted octanol–water partition coefficient (Wildman–Crippen LogP) is 2.90. The molecule has 1 spiro atoms. The smallest absolute Gasteiger partial charge is 0.313 e. The highest BCUT2D eigenvalue weighted by Crippen LogP contribution is 2.60. The second kappa shape index (κ2) is 15.2. The van der Waals surface area contributed by atoms with E-state index >= 15 is 0 Å². The van der Waals surface area contributed by atoms with Crippen molar-refractivity contribution in [3.05, 3.63) is 85.5 Å². The number of carbonyl (C=O) groups is 4. The van der Waals surface area contributed by atoms with E-state index in [0.29, 0.717) is 23.9 Å². The summed E-state index contributed by atoms with van der Waals surface area (Å²) < 4.78 is 14.4. The minimum absolute atomic E-state index is 0.0304. The average molecular weight is 750 g/mol. The molecule has 6 rings (SSSR count). The highest BCUT2D eigenvalue weighted by molar-refractivity contribution is 9.09. The maximum absolute atomic E-state index is 14.7. The van der Waals surface area contributed by atoms with Crippen LogP contribution in [0.25, 0.3) is 11.0 Å². The molecule has 1 unspecified atom stereocenters. The van der Waals surface area contributed by atoms with Gasteiger partial charge in [0.15, 0.2) is 0 Å². The van der Waals surface area contributed by atoms with Crippen LogP contribution in [0.1, 0.15) is 37.4 Å². The summed E-state index contributed by atoms with van der Waals surface area (Å²) in [5.41, 5.74) is 0.743. The summed E-state index contributed by atoms with van der Waals surface area (Å²) in [6.07, 6.45) is 2.97. The fourth-order valence-corrected chi connectivity index (χ4v) is 8.47. The van der Waals surface area contributed by atoms with Crippen molar-refractivity contribution in [3.63, 3.8) is 0 Å². The van der Waals surface area contributed by atoms with E-state index in [4.69, 9.17) is 9.47 Å². The maximum atomic E-state index is 14.7. The Hall–Kier alpha value is -4.40. The van der Waals surface area contributed by atoms with Gasteiger partial charge < -0.3 is 29.7 Å². The zero-order chi connectivity index (χ0) is 35.4. The Morgan fingerprint density at radius 3 is 2.66 bits per heavy atom. The molecule has 3 aliphatic rings. The number of aromatic nitrogens is 3. The first-order valence-corrected chi connectivity index (χ1v) is 17.7. The molecule has 2 bridgehead atoms. The lowest BCUT2D eigenvalue weighted by Gasteiger charge is -2.37. The number of hydrogen-bond acceptors (Lipinski definition) is 9. The van der Waals surface area contributed by atoms with E-state index in [-0.39, 0.29) is 56.5 Å². The Bertz CT molecular complexity index is 1750. The van der Waals surface area contributed by atoms with Crippen LogP contribution in [0.5, 0.6) is 0 Å². The van der Waals surface area contributed by atoms with Gasteiger partial charge in [0.05, 0.1) is 30.0 Å². The molecule has 7 atom stereocenters. The van der Waals surface area contributed by atoms with Crippen molar-refractivity contribution in [1.82, 2.24) is 30.1 Å². The van der Waals surface area contributed by atoms with Gasteiger partial charge in [-0.15, -0.1) is 18.3 Å². The first-order chi connectivity index (χ1) is 24.2. The predicted molar refractivity (Wildman–Crippen MR) is 186 cm³/mol. The van der Waals surface area contributed by atoms with E-state index in [1.807, 2.05) is 42.5 Å². The van der Waals surface area contributed by atoms with Gasteiger partial charge in [0, 0.05) is 30.9 Å². The molecule has 3 fully saturated rings. The number of fused-ring (bicyclic) bond motifs is 2. The highest BCUT2D eigenvalue weighted by atomic mass is 79.9. The number of carbonyl (C=O) groups excluding carboxylic acids is 4. The number of para-hydroxylation sites is 1. The number of alkyl halides is 1. The second-order valence-electron chi connectivity index (χ2n) is 12.8. The van der Waals surface area contributed by atoms with E-state index in [2.05, 4.69) is 44.7 Å². The molecule has 1 aromatic heterocycles. The summed E-state index contributed by atoms with van der Waals surface area (Å²) >= 11 is 3.70. The molecule has 4 heterocycles. The van der Waals surface area contributed by atoms with Gasteiger partial charge in [0.1, 0.15) is 29.9 Å². The lowest BCUT2D eigenvalue weighted by molar-refractivity contribution is -0.160. The molecule has 14 heteroatoms. The Labute approximate surface area is 298 Å². The zero-order valence-corrected chi connectivity index (χ0v) is 29.2. The van der Waals surface area contributed by atoms with Crippen LogP contribution in [0.4, 0.5) is 0 Å². The number of allylic oxidation sites excluding steroid dienone is 1. The number of rotatable bonds is 16. The number of aliphatic hydroxyl groups excluding tert-OH is 1. The molecule has 2 N–H and O–H groups in total. The SMILES string of the molecule is C=CCCC(=O)NC[C@@H](OC(=O)[C@H]1[C@@H]2O[C@@]3(CC2Br)[C@@H]1C(=O)N(CCCO)[C@@H]3C(=O)N(CC=C)Cn1nnc2ccccc21)c1ccccc1. The van der Waals surface area contributed by atoms with Crippen molar-refractivity contribution in [2.75, 3.05) is 26.2 Å². The number of aliphatic hydroxyl groups is 1. The molecule has 0 saturated carbocycles. The van der Waals surface area contributed by atoms with Gasteiger partial charge in [-0.2, -0.15) is 0 Å². The van der Waals surface area contributed by atoms with Crippen molar-refractivity contribution in [3.8, 4) is 0 Å². The third kappa shape index (κ3) is 6.59. The molecule has 3 aliphatic heterocycles. The van der Waals surface area contributed by atoms with Crippen LogP contribution in [0.3, 0.4) is 0 Å². The van der Waals surface area contributed by atoms with Gasteiger partial charge in [-0.1, -0.05) is 75.8 Å². The summed E-state index contributed by atoms with van der Waals surface area (Å²) in [7, 11) is 0. The first-order valence-electron chi connectivity index (χ1n) is 16.8. The molecule has 3 aromatic rings. The molecule has 50 heavy (non-hydrogen) atoms. The molecule has 0 aliphatic carbocycles. The fraction of sp³-hybridized carbons (Fsp3) is 0.444. The fourth-order valence-electron chi connectivity index (χ4n) is 7.53. The lowest BCUT2D eigenvalue weighted by atomic mass is 9.70. The van der Waals surface area contributed by atoms with Gasteiger partial charge in [-0.05, 0) is 37.0 Å². The van der Waals surface area contributed by atoms with Crippen LogP contribution in [0, 0.1) is 11.8 Å². The number of halogens is 1. The van der Waals surface area contributed by atoms with Crippen LogP contribution < -0.4 is 5.32 Å². The Balaban J connectivity index is 1.30. The van der Waals surface area contributed by atoms with Crippen molar-refractivity contribution >= 4 is 50.7 Å². The molecule has 3 saturated heterocycles. The molecular formula is C36H41BrN6O7. The minimum atomic E-state index is -1.34. The molecule has 264 valence electrons. The van der Waals surface area contributed by atoms with E-state index in [0.717, 1.165) is 5.52 Å². The monoisotopic (exact) mass is 748 g/mol. The normalized spacial score (nSPS) is 25.7. The van der Waals surface area contributed by atoms with Crippen LogP contribution in [-0.4, -0.2) is 102 Å². The van der Waals surface area contributed by atoms with E-state index < -0.39 is 53.5 Å². The largest absolute Gasteiger partial charge is 0.455 e. The quantitative estimate of drug-likeness (QED) is 0.128. The van der Waals surface area contributed by atoms with Crippen LogP contribution in [0.15, 0.2) is 79.9 Å². The summed E-state index contributed by atoms with van der Waals surface area (Å²) in [5, 5.41) is 21.1. The highest BCUT2D eigenvalue weighted by Gasteiger charge is 2.77. The van der Waals surface area contributed by atoms with Gasteiger partial charge >= 0.3 is 5.97 Å². The molecule has 2 aromatic carbocycles. The summed E-state index contributed by atoms with van der Waals surface area (Å²) in [6, 6.07) is 15.4. The number of nitrogens with zero attached hydrogens (tertiary/aromatic N) is 5. The summed E-state index contributed by atoms with van der Waals surface area (Å²) in [6.45, 7) is 7.62.